The second-order valence-corrected chi connectivity index (χ2v) is 8.24. The first-order chi connectivity index (χ1) is 17.1. The van der Waals surface area contributed by atoms with Gasteiger partial charge < -0.3 is 19.7 Å². The molecule has 0 aliphatic rings. The molecule has 0 heterocycles. The molecule has 2 aromatic carbocycles. The summed E-state index contributed by atoms with van der Waals surface area (Å²) in [7, 11) is 0. The van der Waals surface area contributed by atoms with Crippen LogP contribution >= 0.6 is 0 Å². The lowest BCUT2D eigenvalue weighted by molar-refractivity contribution is -0.148. The number of aliphatic carboxylic acids is 1. The standard InChI is InChI=1S/2C11H14O2.C5H10O2.CH2O2/c1-9(2)11(12)13-8-10-6-4-3-5-7-10;1-2-6-11(12)13-9-10-7-4-3-5-8-10;1-4(2)3-5(6)7;2-1-3/h3-7,9H,8H2,1-2H3;3-5,7-8H,2,6,9H2,1H3;4H,3H2,1-2H3,(H,6,7);1H,(H,2,3). The zero-order valence-corrected chi connectivity index (χ0v) is 21.9. The molecule has 0 amide bonds. The van der Waals surface area contributed by atoms with Gasteiger partial charge in [-0.2, -0.15) is 0 Å². The average molecular weight is 505 g/mol. The van der Waals surface area contributed by atoms with Crippen LogP contribution in [0.15, 0.2) is 60.7 Å². The molecule has 0 radical (unpaired) electrons. The van der Waals surface area contributed by atoms with E-state index in [1.165, 1.54) is 0 Å². The molecule has 2 N–H and O–H groups in total. The summed E-state index contributed by atoms with van der Waals surface area (Å²) in [6.07, 6.45) is 1.63. The first-order valence-electron chi connectivity index (χ1n) is 11.8. The Morgan fingerprint density at radius 1 is 0.833 bits per heavy atom. The zero-order chi connectivity index (χ0) is 27.8. The van der Waals surface area contributed by atoms with Gasteiger partial charge in [0.25, 0.3) is 6.47 Å². The lowest BCUT2D eigenvalue weighted by Gasteiger charge is -2.06. The van der Waals surface area contributed by atoms with Crippen LogP contribution in [-0.4, -0.2) is 34.6 Å². The molecule has 36 heavy (non-hydrogen) atoms. The smallest absolute Gasteiger partial charge is 0.308 e. The number of carboxylic acid groups (broad SMARTS) is 2. The van der Waals surface area contributed by atoms with Gasteiger partial charge in [0.2, 0.25) is 0 Å². The van der Waals surface area contributed by atoms with E-state index in [1.54, 1.807) is 0 Å². The molecule has 0 spiro atoms. The van der Waals surface area contributed by atoms with Crippen molar-refractivity contribution in [3.8, 4) is 0 Å². The highest BCUT2D eigenvalue weighted by Crippen LogP contribution is 2.04. The van der Waals surface area contributed by atoms with Crippen LogP contribution < -0.4 is 0 Å². The van der Waals surface area contributed by atoms with Crippen LogP contribution in [0.5, 0.6) is 0 Å². The number of hydrogen-bond donors (Lipinski definition) is 2. The van der Waals surface area contributed by atoms with Crippen molar-refractivity contribution in [1.82, 2.24) is 0 Å². The molecule has 0 saturated carbocycles. The van der Waals surface area contributed by atoms with Crippen molar-refractivity contribution in [3.05, 3.63) is 71.8 Å². The van der Waals surface area contributed by atoms with E-state index in [1.807, 2.05) is 95.3 Å². The third kappa shape index (κ3) is 23.5. The molecule has 2 rings (SSSR count). The van der Waals surface area contributed by atoms with Gasteiger partial charge in [-0.3, -0.25) is 19.2 Å². The van der Waals surface area contributed by atoms with Gasteiger partial charge in [-0.25, -0.2) is 0 Å². The summed E-state index contributed by atoms with van der Waals surface area (Å²) in [5.74, 6) is -0.758. The number of benzene rings is 2. The van der Waals surface area contributed by atoms with Crippen LogP contribution in [0.1, 0.15) is 65.0 Å². The summed E-state index contributed by atoms with van der Waals surface area (Å²) >= 11 is 0. The van der Waals surface area contributed by atoms with Crippen molar-refractivity contribution in [2.45, 2.75) is 67.1 Å². The van der Waals surface area contributed by atoms with Crippen LogP contribution in [0.25, 0.3) is 0 Å². The fraction of sp³-hybridized carbons (Fsp3) is 0.429. The lowest BCUT2D eigenvalue weighted by atomic mass is 10.1. The summed E-state index contributed by atoms with van der Waals surface area (Å²) in [5, 5.41) is 15.0. The Kier molecular flexibility index (Phi) is 22.1. The van der Waals surface area contributed by atoms with E-state index < -0.39 is 5.97 Å². The van der Waals surface area contributed by atoms with E-state index in [0.29, 0.717) is 19.6 Å². The van der Waals surface area contributed by atoms with Crippen LogP contribution in [0.4, 0.5) is 0 Å². The summed E-state index contributed by atoms with van der Waals surface area (Å²) in [5.41, 5.74) is 2.06. The van der Waals surface area contributed by atoms with Gasteiger partial charge in [-0.05, 0) is 23.5 Å². The maximum absolute atomic E-state index is 11.1. The fourth-order valence-electron chi connectivity index (χ4n) is 2.26. The Morgan fingerprint density at radius 2 is 1.25 bits per heavy atom. The summed E-state index contributed by atoms with van der Waals surface area (Å²) < 4.78 is 10.1. The fourth-order valence-corrected chi connectivity index (χ4v) is 2.26. The predicted octanol–water partition coefficient (Wildman–Crippen LogP) is 5.73. The Bertz CT molecular complexity index is 833. The molecule has 8 heteroatoms. The highest BCUT2D eigenvalue weighted by Gasteiger charge is 2.07. The summed E-state index contributed by atoms with van der Waals surface area (Å²) in [6.45, 7) is 9.89. The van der Waals surface area contributed by atoms with Crippen molar-refractivity contribution < 1.29 is 38.9 Å². The molecule has 0 aromatic heterocycles. The van der Waals surface area contributed by atoms with Gasteiger partial charge in [0, 0.05) is 12.8 Å². The normalized spacial score (nSPS) is 9.31. The Hall–Kier alpha value is -3.68. The monoisotopic (exact) mass is 504 g/mol. The van der Waals surface area contributed by atoms with E-state index in [0.717, 1.165) is 17.5 Å². The molecule has 0 aliphatic heterocycles. The number of carbonyl (C=O) groups excluding carboxylic acids is 2. The second kappa shape index (κ2) is 23.1. The molecule has 0 aliphatic carbocycles. The Balaban J connectivity index is 0. The minimum absolute atomic E-state index is 0.0521. The number of esters is 2. The minimum atomic E-state index is -0.713. The van der Waals surface area contributed by atoms with Crippen molar-refractivity contribution in [2.75, 3.05) is 0 Å². The molecule has 0 saturated heterocycles. The van der Waals surface area contributed by atoms with Crippen LogP contribution in [0.3, 0.4) is 0 Å². The topological polar surface area (TPSA) is 127 Å². The molecule has 200 valence electrons. The van der Waals surface area contributed by atoms with Crippen molar-refractivity contribution >= 4 is 24.4 Å². The third-order valence-electron chi connectivity index (χ3n) is 3.97. The average Bonchev–Trinajstić information content (AvgIpc) is 2.83. The number of carbonyl (C=O) groups is 4. The quantitative estimate of drug-likeness (QED) is 0.327. The molecular weight excluding hydrogens is 464 g/mol. The Morgan fingerprint density at radius 3 is 1.56 bits per heavy atom. The van der Waals surface area contributed by atoms with Gasteiger partial charge >= 0.3 is 17.9 Å². The van der Waals surface area contributed by atoms with Gasteiger partial charge in [0.15, 0.2) is 0 Å². The van der Waals surface area contributed by atoms with E-state index in [2.05, 4.69) is 0 Å². The molecular formula is C28H40O8. The first-order valence-corrected chi connectivity index (χ1v) is 11.8. The van der Waals surface area contributed by atoms with E-state index >= 15 is 0 Å². The highest BCUT2D eigenvalue weighted by atomic mass is 16.5. The largest absolute Gasteiger partial charge is 0.483 e. The number of rotatable bonds is 9. The third-order valence-corrected chi connectivity index (χ3v) is 3.97. The van der Waals surface area contributed by atoms with Gasteiger partial charge in [0.05, 0.1) is 5.92 Å². The van der Waals surface area contributed by atoms with Crippen LogP contribution in [-0.2, 0) is 41.9 Å². The van der Waals surface area contributed by atoms with Crippen molar-refractivity contribution in [3.63, 3.8) is 0 Å². The molecule has 0 atom stereocenters. The number of hydrogen-bond acceptors (Lipinski definition) is 6. The van der Waals surface area contributed by atoms with Gasteiger partial charge in [-0.15, -0.1) is 0 Å². The zero-order valence-electron chi connectivity index (χ0n) is 21.9. The lowest BCUT2D eigenvalue weighted by Crippen LogP contribution is -2.11. The molecule has 8 nitrogen and oxygen atoms in total. The van der Waals surface area contributed by atoms with Crippen LogP contribution in [0, 0.1) is 11.8 Å². The maximum atomic E-state index is 11.1. The molecule has 0 fully saturated rings. The van der Waals surface area contributed by atoms with Gasteiger partial charge in [0.1, 0.15) is 13.2 Å². The van der Waals surface area contributed by atoms with E-state index in [4.69, 9.17) is 24.5 Å². The molecule has 0 unspecified atom stereocenters. The molecule has 2 aromatic rings. The van der Waals surface area contributed by atoms with Gasteiger partial charge in [-0.1, -0.05) is 95.3 Å². The SMILES string of the molecule is CC(C)C(=O)OCc1ccccc1.CC(C)CC(=O)O.CCCC(=O)OCc1ccccc1.O=CO. The Labute approximate surface area is 214 Å². The number of carboxylic acids is 1. The second-order valence-electron chi connectivity index (χ2n) is 8.24. The number of ether oxygens (including phenoxy) is 2. The first kappa shape index (κ1) is 34.5. The maximum Gasteiger partial charge on any atom is 0.308 e. The van der Waals surface area contributed by atoms with E-state index in [9.17, 15) is 14.4 Å². The highest BCUT2D eigenvalue weighted by molar-refractivity contribution is 5.71. The minimum Gasteiger partial charge on any atom is -0.483 e. The van der Waals surface area contributed by atoms with Crippen molar-refractivity contribution in [1.29, 1.82) is 0 Å². The predicted molar refractivity (Wildman–Crippen MR) is 138 cm³/mol. The summed E-state index contributed by atoms with van der Waals surface area (Å²) in [6, 6.07) is 19.4. The van der Waals surface area contributed by atoms with E-state index in [-0.39, 0.29) is 36.7 Å². The van der Waals surface area contributed by atoms with Crippen LogP contribution in [0.2, 0.25) is 0 Å². The molecule has 0 bridgehead atoms. The summed E-state index contributed by atoms with van der Waals surface area (Å²) in [4.78, 5) is 40.3. The van der Waals surface area contributed by atoms with Crippen molar-refractivity contribution in [2.24, 2.45) is 11.8 Å².